The van der Waals surface area contributed by atoms with Crippen LogP contribution < -0.4 is 9.64 Å². The number of rotatable bonds is 5. The monoisotopic (exact) mass is 642 g/mol. The number of anilines is 1. The van der Waals surface area contributed by atoms with Crippen molar-refractivity contribution in [3.63, 3.8) is 0 Å². The third-order valence-electron chi connectivity index (χ3n) is 8.86. The van der Waals surface area contributed by atoms with Crippen molar-refractivity contribution >= 4 is 61.2 Å². The molecule has 4 fully saturated rings. The Balaban J connectivity index is 1.14. The molecule has 38 heavy (non-hydrogen) atoms. The lowest BCUT2D eigenvalue weighted by Crippen LogP contribution is -2.37. The van der Waals surface area contributed by atoms with E-state index in [4.69, 9.17) is 4.74 Å². The zero-order valence-electron chi connectivity index (χ0n) is 21.1. The highest BCUT2D eigenvalue weighted by molar-refractivity contribution is 9.12. The molecule has 2 aromatic carbocycles. The van der Waals surface area contributed by atoms with Crippen molar-refractivity contribution in [3.8, 4) is 5.75 Å². The molecule has 198 valence electrons. The number of carbonyl (C=O) groups is 4. The largest absolute Gasteiger partial charge is 0.426 e. The predicted molar refractivity (Wildman–Crippen MR) is 148 cm³/mol. The van der Waals surface area contributed by atoms with Crippen molar-refractivity contribution < 1.29 is 23.9 Å². The fourth-order valence-corrected chi connectivity index (χ4v) is 8.78. The molecule has 0 radical (unpaired) electrons. The number of esters is 1. The Hall–Kier alpha value is -2.52. The van der Waals surface area contributed by atoms with E-state index in [0.717, 1.165) is 12.0 Å². The zero-order chi connectivity index (χ0) is 26.9. The number of fused-ring (bicyclic) bond motifs is 5. The molecule has 4 aliphatic rings. The van der Waals surface area contributed by atoms with Gasteiger partial charge >= 0.3 is 5.97 Å². The molecular formula is C29H28Br2N2O5. The maximum atomic E-state index is 13.4. The number of halogens is 2. The molecule has 6 rings (SSSR count). The fraction of sp³-hybridized carbons (Fsp3) is 0.448. The van der Waals surface area contributed by atoms with Crippen LogP contribution in [0.25, 0.3) is 0 Å². The number of carbonyl (C=O) groups excluding carboxylic acids is 4. The zero-order valence-corrected chi connectivity index (χ0v) is 24.2. The molecule has 2 aromatic rings. The summed E-state index contributed by atoms with van der Waals surface area (Å²) in [5, 5.41) is 0. The molecule has 8 atom stereocenters. The van der Waals surface area contributed by atoms with Crippen molar-refractivity contribution in [2.75, 3.05) is 11.4 Å². The van der Waals surface area contributed by atoms with Gasteiger partial charge in [0.05, 0.1) is 29.5 Å². The first-order chi connectivity index (χ1) is 18.2. The van der Waals surface area contributed by atoms with Gasteiger partial charge in [-0.3, -0.25) is 19.2 Å². The van der Waals surface area contributed by atoms with Crippen LogP contribution in [0.5, 0.6) is 5.75 Å². The predicted octanol–water partition coefficient (Wildman–Crippen LogP) is 4.79. The van der Waals surface area contributed by atoms with E-state index in [1.165, 1.54) is 4.90 Å². The quantitative estimate of drug-likeness (QED) is 0.202. The van der Waals surface area contributed by atoms with E-state index in [2.05, 4.69) is 31.9 Å². The number of ether oxygens (including phenoxy) is 1. The highest BCUT2D eigenvalue weighted by Crippen LogP contribution is 2.60. The maximum absolute atomic E-state index is 13.4. The molecule has 0 N–H and O–H groups in total. The van der Waals surface area contributed by atoms with Crippen LogP contribution >= 0.6 is 31.9 Å². The van der Waals surface area contributed by atoms with E-state index >= 15 is 0 Å². The molecule has 0 unspecified atom stereocenters. The van der Waals surface area contributed by atoms with Gasteiger partial charge in [-0.25, -0.2) is 4.90 Å². The van der Waals surface area contributed by atoms with Gasteiger partial charge in [0.15, 0.2) is 0 Å². The number of imide groups is 1. The maximum Gasteiger partial charge on any atom is 0.316 e. The molecule has 7 nitrogen and oxygen atoms in total. The van der Waals surface area contributed by atoms with Crippen LogP contribution in [0.2, 0.25) is 0 Å². The Morgan fingerprint density at radius 2 is 1.61 bits per heavy atom. The van der Waals surface area contributed by atoms with Crippen LogP contribution in [-0.4, -0.2) is 44.8 Å². The number of likely N-dealkylation sites (tertiary alicyclic amines) is 1. The second-order valence-electron chi connectivity index (χ2n) is 10.9. The van der Waals surface area contributed by atoms with Gasteiger partial charge in [-0.15, -0.1) is 0 Å². The van der Waals surface area contributed by atoms with Crippen molar-refractivity contribution in [2.45, 2.75) is 42.4 Å². The molecule has 2 saturated carbocycles. The first kappa shape index (κ1) is 25.7. The van der Waals surface area contributed by atoms with Crippen LogP contribution in [0.3, 0.4) is 0 Å². The van der Waals surface area contributed by atoms with Gasteiger partial charge in [0.2, 0.25) is 17.7 Å². The molecule has 0 spiro atoms. The van der Waals surface area contributed by atoms with Crippen molar-refractivity contribution in [3.05, 3.63) is 59.7 Å². The fourth-order valence-electron chi connectivity index (χ4n) is 6.90. The van der Waals surface area contributed by atoms with E-state index in [1.807, 2.05) is 37.3 Å². The van der Waals surface area contributed by atoms with Crippen LogP contribution in [0, 0.1) is 36.5 Å². The number of aryl methyl sites for hydroxylation is 1. The number of nitrogens with zero attached hydrogens (tertiary/aromatic N) is 2. The first-order valence-corrected chi connectivity index (χ1v) is 14.8. The Morgan fingerprint density at radius 1 is 0.974 bits per heavy atom. The lowest BCUT2D eigenvalue weighted by molar-refractivity contribution is -0.139. The summed E-state index contributed by atoms with van der Waals surface area (Å²) in [5.74, 6) is -1.31. The van der Waals surface area contributed by atoms with Crippen LogP contribution in [-0.2, 0) is 19.2 Å². The van der Waals surface area contributed by atoms with Crippen LogP contribution in [0.15, 0.2) is 48.5 Å². The average molecular weight is 644 g/mol. The summed E-state index contributed by atoms with van der Waals surface area (Å²) in [4.78, 5) is 55.9. The van der Waals surface area contributed by atoms with E-state index in [9.17, 15) is 19.2 Å². The highest BCUT2D eigenvalue weighted by Gasteiger charge is 2.66. The molecule has 3 amide bonds. The van der Waals surface area contributed by atoms with Gasteiger partial charge in [0, 0.05) is 22.6 Å². The molecule has 2 heterocycles. The highest BCUT2D eigenvalue weighted by atomic mass is 79.9. The lowest BCUT2D eigenvalue weighted by atomic mass is 9.81. The summed E-state index contributed by atoms with van der Waals surface area (Å²) >= 11 is 7.44. The molecule has 0 aromatic heterocycles. The Kier molecular flexibility index (Phi) is 6.50. The van der Waals surface area contributed by atoms with Gasteiger partial charge in [-0.05, 0) is 61.4 Å². The third-order valence-corrected chi connectivity index (χ3v) is 12.1. The van der Waals surface area contributed by atoms with Crippen molar-refractivity contribution in [2.24, 2.45) is 29.6 Å². The van der Waals surface area contributed by atoms with Crippen molar-refractivity contribution in [1.29, 1.82) is 0 Å². The molecule has 2 aliphatic carbocycles. The summed E-state index contributed by atoms with van der Waals surface area (Å²) in [6, 6.07) is 14.6. The minimum atomic E-state index is -0.556. The Bertz CT molecular complexity index is 1300. The average Bonchev–Trinajstić information content (AvgIpc) is 3.62. The van der Waals surface area contributed by atoms with E-state index < -0.39 is 11.9 Å². The van der Waals surface area contributed by atoms with E-state index in [1.54, 1.807) is 30.0 Å². The van der Waals surface area contributed by atoms with Gasteiger partial charge in [0.25, 0.3) is 0 Å². The molecule has 2 bridgehead atoms. The molecule has 2 aliphatic heterocycles. The number of benzene rings is 2. The van der Waals surface area contributed by atoms with E-state index in [-0.39, 0.29) is 63.5 Å². The Morgan fingerprint density at radius 3 is 2.21 bits per heavy atom. The van der Waals surface area contributed by atoms with Crippen LogP contribution in [0.1, 0.15) is 36.9 Å². The summed E-state index contributed by atoms with van der Waals surface area (Å²) in [6.45, 7) is 4.06. The van der Waals surface area contributed by atoms with E-state index in [0.29, 0.717) is 23.5 Å². The number of hydrogen-bond acceptors (Lipinski definition) is 5. The summed E-state index contributed by atoms with van der Waals surface area (Å²) in [5.41, 5.74) is 2.23. The lowest BCUT2D eigenvalue weighted by Gasteiger charge is -2.28. The topological polar surface area (TPSA) is 84.0 Å². The molecule has 9 heteroatoms. The van der Waals surface area contributed by atoms with Crippen LogP contribution in [0.4, 0.5) is 5.69 Å². The number of alkyl halides is 2. The van der Waals surface area contributed by atoms with Crippen molar-refractivity contribution in [1.82, 2.24) is 4.90 Å². The van der Waals surface area contributed by atoms with Gasteiger partial charge in [-0.1, -0.05) is 62.2 Å². The second-order valence-corrected chi connectivity index (χ2v) is 13.0. The minimum absolute atomic E-state index is 0.0724. The number of hydrogen-bond donors (Lipinski definition) is 0. The van der Waals surface area contributed by atoms with Gasteiger partial charge in [-0.2, -0.15) is 0 Å². The standard InChI is InChI=1S/C29H28Br2N2O5/c1-14-10-18(38-29(37)17-11-22(34)32(13-17)15(2)16-6-4-3-5-7-16)8-9-21(14)33-27(35)23-19-12-20(24(23)28(33)36)26(31)25(19)30/h3-10,15,17,19-20,23-26H,11-13H2,1-2H3/t15-,17-,19-,20-,23-,24+,25-,26+/m1/s1. The van der Waals surface area contributed by atoms with Gasteiger partial charge < -0.3 is 9.64 Å². The minimum Gasteiger partial charge on any atom is -0.426 e. The molecular weight excluding hydrogens is 616 g/mol. The van der Waals surface area contributed by atoms with Gasteiger partial charge in [0.1, 0.15) is 5.75 Å². The normalized spacial score (nSPS) is 32.7. The summed E-state index contributed by atoms with van der Waals surface area (Å²) in [7, 11) is 0. The molecule has 2 saturated heterocycles. The Labute approximate surface area is 238 Å². The summed E-state index contributed by atoms with van der Waals surface area (Å²) < 4.78 is 5.66. The first-order valence-electron chi connectivity index (χ1n) is 13.0. The third kappa shape index (κ3) is 3.96. The smallest absolute Gasteiger partial charge is 0.316 e. The summed E-state index contributed by atoms with van der Waals surface area (Å²) in [6.07, 6.45) is 0.990. The number of amides is 3. The SMILES string of the molecule is Cc1cc(OC(=O)[C@@H]2CC(=O)N([C@H](C)c3ccccc3)C2)ccc1N1C(=O)[C@@H]2[C@H]3C[C@@H]([C@H](Br)[C@@H]3Br)[C@@H]2C1=O. The second kappa shape index (κ2) is 9.59.